The molecule has 58 valence electrons. The second-order valence-electron chi connectivity index (χ2n) is 2.40. The maximum Gasteiger partial charge on any atom is 0.100 e. The van der Waals surface area contributed by atoms with Crippen LogP contribution < -0.4 is 0 Å². The summed E-state index contributed by atoms with van der Waals surface area (Å²) in [4.78, 5) is 4.20. The fraction of sp³-hybridized carbons (Fsp3) is 0. The summed E-state index contributed by atoms with van der Waals surface area (Å²) in [6.07, 6.45) is 1.88. The third-order valence-corrected chi connectivity index (χ3v) is 2.56. The Labute approximate surface area is 74.1 Å². The summed E-state index contributed by atoms with van der Waals surface area (Å²) in [6.45, 7) is 0. The van der Waals surface area contributed by atoms with Crippen LogP contribution in [0.3, 0.4) is 0 Å². The summed E-state index contributed by atoms with van der Waals surface area (Å²) >= 11 is 1.58. The fourth-order valence-electron chi connectivity index (χ4n) is 1.02. The Kier molecular flexibility index (Phi) is 1.69. The number of rotatable bonds is 1. The zero-order valence-electron chi connectivity index (χ0n) is 6.24. The standard InChI is InChI=1S/C9H6N2S/c10-5-7-4-9(12-6-7)8-2-1-3-11-8/h1-4,6,11H. The number of H-pyrrole nitrogens is 1. The quantitative estimate of drug-likeness (QED) is 0.709. The predicted molar refractivity (Wildman–Crippen MR) is 48.8 cm³/mol. The monoisotopic (exact) mass is 174 g/mol. The van der Waals surface area contributed by atoms with Crippen molar-refractivity contribution in [3.05, 3.63) is 35.3 Å². The molecular formula is C9H6N2S. The molecule has 2 heterocycles. The minimum absolute atomic E-state index is 0.726. The topological polar surface area (TPSA) is 39.6 Å². The Hall–Kier alpha value is -1.53. The number of nitrogens with one attached hydrogen (secondary N) is 1. The van der Waals surface area contributed by atoms with Crippen LogP contribution in [0, 0.1) is 11.3 Å². The van der Waals surface area contributed by atoms with E-state index in [0.29, 0.717) is 0 Å². The van der Waals surface area contributed by atoms with Crippen LogP contribution >= 0.6 is 11.3 Å². The van der Waals surface area contributed by atoms with Gasteiger partial charge in [0.1, 0.15) is 6.07 Å². The molecule has 0 aliphatic heterocycles. The Morgan fingerprint density at radius 1 is 1.50 bits per heavy atom. The fourth-order valence-corrected chi connectivity index (χ4v) is 1.84. The van der Waals surface area contributed by atoms with Crippen molar-refractivity contribution in [1.82, 2.24) is 4.98 Å². The van der Waals surface area contributed by atoms with E-state index in [0.717, 1.165) is 16.1 Å². The van der Waals surface area contributed by atoms with Crippen LogP contribution in [0.2, 0.25) is 0 Å². The Morgan fingerprint density at radius 2 is 2.42 bits per heavy atom. The van der Waals surface area contributed by atoms with Gasteiger partial charge in [-0.1, -0.05) is 0 Å². The van der Waals surface area contributed by atoms with Crippen molar-refractivity contribution in [3.8, 4) is 16.6 Å². The Morgan fingerprint density at radius 3 is 3.00 bits per heavy atom. The molecule has 0 spiro atoms. The lowest BCUT2D eigenvalue weighted by Gasteiger charge is -1.87. The van der Waals surface area contributed by atoms with Crippen LogP contribution in [0.15, 0.2) is 29.8 Å². The third kappa shape index (κ3) is 1.13. The number of aromatic nitrogens is 1. The van der Waals surface area contributed by atoms with Gasteiger partial charge in [-0.05, 0) is 18.2 Å². The van der Waals surface area contributed by atoms with Crippen LogP contribution in [0.25, 0.3) is 10.6 Å². The predicted octanol–water partition coefficient (Wildman–Crippen LogP) is 2.61. The Balaban J connectivity index is 2.44. The minimum atomic E-state index is 0.726. The molecule has 0 atom stereocenters. The molecule has 0 saturated heterocycles. The number of aromatic amines is 1. The number of nitrogens with zero attached hydrogens (tertiary/aromatic N) is 1. The molecule has 0 fully saturated rings. The molecule has 0 amide bonds. The van der Waals surface area contributed by atoms with Crippen molar-refractivity contribution in [3.63, 3.8) is 0 Å². The van der Waals surface area contributed by atoms with Crippen molar-refractivity contribution in [2.24, 2.45) is 0 Å². The highest BCUT2D eigenvalue weighted by atomic mass is 32.1. The van der Waals surface area contributed by atoms with Gasteiger partial charge in [-0.25, -0.2) is 0 Å². The summed E-state index contributed by atoms with van der Waals surface area (Å²) in [5, 5.41) is 10.5. The first-order valence-corrected chi connectivity index (χ1v) is 4.40. The third-order valence-electron chi connectivity index (χ3n) is 1.59. The molecule has 1 N–H and O–H groups in total. The van der Waals surface area contributed by atoms with Crippen LogP contribution in [-0.2, 0) is 0 Å². The first kappa shape index (κ1) is 7.14. The number of hydrogen-bond acceptors (Lipinski definition) is 2. The minimum Gasteiger partial charge on any atom is -0.361 e. The number of nitriles is 1. The maximum absolute atomic E-state index is 8.59. The van der Waals surface area contributed by atoms with E-state index in [-0.39, 0.29) is 0 Å². The average Bonchev–Trinajstić information content (AvgIpc) is 2.75. The SMILES string of the molecule is N#Cc1csc(-c2ccc[nH]2)c1. The molecule has 0 aliphatic carbocycles. The van der Waals surface area contributed by atoms with E-state index in [2.05, 4.69) is 11.1 Å². The lowest BCUT2D eigenvalue weighted by molar-refractivity contribution is 1.42. The zero-order valence-corrected chi connectivity index (χ0v) is 7.06. The average molecular weight is 174 g/mol. The molecular weight excluding hydrogens is 168 g/mol. The highest BCUT2D eigenvalue weighted by Gasteiger charge is 2.01. The van der Waals surface area contributed by atoms with Gasteiger partial charge in [0.2, 0.25) is 0 Å². The largest absolute Gasteiger partial charge is 0.361 e. The van der Waals surface area contributed by atoms with E-state index in [1.165, 1.54) is 0 Å². The highest BCUT2D eigenvalue weighted by Crippen LogP contribution is 2.24. The number of hydrogen-bond donors (Lipinski definition) is 1. The van der Waals surface area contributed by atoms with Crippen LogP contribution in [-0.4, -0.2) is 4.98 Å². The summed E-state index contributed by atoms with van der Waals surface area (Å²) < 4.78 is 0. The molecule has 3 heteroatoms. The lowest BCUT2D eigenvalue weighted by atomic mass is 10.3. The van der Waals surface area contributed by atoms with Gasteiger partial charge in [0.05, 0.1) is 16.1 Å². The first-order chi connectivity index (χ1) is 5.90. The van der Waals surface area contributed by atoms with Gasteiger partial charge in [0.25, 0.3) is 0 Å². The van der Waals surface area contributed by atoms with E-state index in [1.807, 2.05) is 29.8 Å². The van der Waals surface area contributed by atoms with E-state index in [1.54, 1.807) is 11.3 Å². The zero-order chi connectivity index (χ0) is 8.39. The van der Waals surface area contributed by atoms with Gasteiger partial charge >= 0.3 is 0 Å². The summed E-state index contributed by atoms with van der Waals surface area (Å²) in [5.74, 6) is 0. The summed E-state index contributed by atoms with van der Waals surface area (Å²) in [5.41, 5.74) is 1.80. The van der Waals surface area contributed by atoms with Crippen LogP contribution in [0.4, 0.5) is 0 Å². The highest BCUT2D eigenvalue weighted by molar-refractivity contribution is 7.13. The maximum atomic E-state index is 8.59. The molecule has 0 saturated carbocycles. The van der Waals surface area contributed by atoms with Gasteiger partial charge < -0.3 is 4.98 Å². The van der Waals surface area contributed by atoms with Gasteiger partial charge in [0, 0.05) is 11.6 Å². The molecule has 2 rings (SSSR count). The van der Waals surface area contributed by atoms with Crippen molar-refractivity contribution in [2.45, 2.75) is 0 Å². The van der Waals surface area contributed by atoms with Crippen LogP contribution in [0.5, 0.6) is 0 Å². The molecule has 2 nitrogen and oxygen atoms in total. The number of thiophene rings is 1. The Bertz CT molecular complexity index is 406. The van der Waals surface area contributed by atoms with Crippen molar-refractivity contribution < 1.29 is 0 Å². The molecule has 2 aromatic heterocycles. The smallest absolute Gasteiger partial charge is 0.100 e. The van der Waals surface area contributed by atoms with E-state index >= 15 is 0 Å². The molecule has 2 aromatic rings. The van der Waals surface area contributed by atoms with Gasteiger partial charge in [-0.3, -0.25) is 0 Å². The lowest BCUT2D eigenvalue weighted by Crippen LogP contribution is -1.67. The van der Waals surface area contributed by atoms with E-state index in [4.69, 9.17) is 5.26 Å². The molecule has 0 unspecified atom stereocenters. The second kappa shape index (κ2) is 2.84. The summed E-state index contributed by atoms with van der Waals surface area (Å²) in [7, 11) is 0. The van der Waals surface area contributed by atoms with E-state index in [9.17, 15) is 0 Å². The molecule has 0 bridgehead atoms. The van der Waals surface area contributed by atoms with E-state index < -0.39 is 0 Å². The molecule has 0 aromatic carbocycles. The van der Waals surface area contributed by atoms with Crippen molar-refractivity contribution in [1.29, 1.82) is 5.26 Å². The molecule has 0 radical (unpaired) electrons. The molecule has 12 heavy (non-hydrogen) atoms. The molecule has 0 aliphatic rings. The van der Waals surface area contributed by atoms with Crippen molar-refractivity contribution >= 4 is 11.3 Å². The van der Waals surface area contributed by atoms with Gasteiger partial charge in [0.15, 0.2) is 0 Å². The first-order valence-electron chi connectivity index (χ1n) is 3.52. The van der Waals surface area contributed by atoms with Crippen LogP contribution in [0.1, 0.15) is 5.56 Å². The summed E-state index contributed by atoms with van der Waals surface area (Å²) in [6, 6.07) is 7.93. The normalized spacial score (nSPS) is 9.58. The van der Waals surface area contributed by atoms with Gasteiger partial charge in [-0.15, -0.1) is 11.3 Å². The van der Waals surface area contributed by atoms with Gasteiger partial charge in [-0.2, -0.15) is 5.26 Å². The van der Waals surface area contributed by atoms with Crippen molar-refractivity contribution in [2.75, 3.05) is 0 Å². The second-order valence-corrected chi connectivity index (χ2v) is 3.31.